The number of fused-ring (bicyclic) bond motifs is 1. The number of anilines is 1. The lowest BCUT2D eigenvalue weighted by molar-refractivity contribution is -0.0941. The van der Waals surface area contributed by atoms with Gasteiger partial charge in [0.15, 0.2) is 6.17 Å². The topological polar surface area (TPSA) is 64.0 Å². The summed E-state index contributed by atoms with van der Waals surface area (Å²) in [6, 6.07) is 14.2. The van der Waals surface area contributed by atoms with Crippen LogP contribution < -0.4 is 4.90 Å². The average molecular weight is 368 g/mol. The van der Waals surface area contributed by atoms with E-state index in [1.54, 1.807) is 36.4 Å². The maximum Gasteiger partial charge on any atom is 0.281 e. The zero-order valence-corrected chi connectivity index (χ0v) is 15.8. The molecule has 2 aromatic rings. The minimum Gasteiger partial charge on any atom is -0.508 e. The van der Waals surface area contributed by atoms with E-state index in [0.29, 0.717) is 17.7 Å². The zero-order chi connectivity index (χ0) is 19.2. The summed E-state index contributed by atoms with van der Waals surface area (Å²) < 4.78 is 0. The van der Waals surface area contributed by atoms with E-state index in [1.165, 1.54) is 25.7 Å². The first-order chi connectivity index (χ1) is 13.1. The van der Waals surface area contributed by atoms with Crippen LogP contribution in [0.4, 0.5) is 5.69 Å². The fourth-order valence-corrected chi connectivity index (χ4v) is 3.71. The maximum absolute atomic E-state index is 12.7. The van der Waals surface area contributed by atoms with E-state index in [0.717, 1.165) is 23.6 Å². The summed E-state index contributed by atoms with van der Waals surface area (Å²) in [5.74, 6) is -0.375. The Morgan fingerprint density at radius 1 is 0.926 bits per heavy atom. The molecule has 2 N–H and O–H groups in total. The lowest BCUT2D eigenvalue weighted by Crippen LogP contribution is -2.48. The molecule has 1 unspecified atom stereocenters. The lowest BCUT2D eigenvalue weighted by atomic mass is 10.0. The molecule has 0 aliphatic carbocycles. The number of phenolic OH excluding ortho intramolecular Hbond substituents is 1. The second-order valence-corrected chi connectivity index (χ2v) is 7.06. The third-order valence-electron chi connectivity index (χ3n) is 5.15. The van der Waals surface area contributed by atoms with Gasteiger partial charge < -0.3 is 10.0 Å². The number of carbonyl (C=O) groups excluding carboxylic acids is 1. The Morgan fingerprint density at radius 2 is 1.59 bits per heavy atom. The molecule has 0 radical (unpaired) electrons. The number of unbranched alkanes of at least 4 members (excludes halogenated alkanes) is 5. The van der Waals surface area contributed by atoms with E-state index in [9.17, 15) is 15.1 Å². The third-order valence-corrected chi connectivity index (χ3v) is 5.15. The molecule has 0 spiro atoms. The normalized spacial score (nSPS) is 16.5. The highest BCUT2D eigenvalue weighted by atomic mass is 16.5. The van der Waals surface area contributed by atoms with Crippen LogP contribution in [0.3, 0.4) is 0 Å². The Morgan fingerprint density at radius 3 is 2.37 bits per heavy atom. The third kappa shape index (κ3) is 4.08. The second kappa shape index (κ2) is 8.91. The number of aromatic hydroxyl groups is 1. The first-order valence-corrected chi connectivity index (χ1v) is 9.81. The minimum absolute atomic E-state index is 0.0710. The molecule has 5 heteroatoms. The summed E-state index contributed by atoms with van der Waals surface area (Å²) in [4.78, 5) is 14.7. The molecule has 0 saturated carbocycles. The van der Waals surface area contributed by atoms with Crippen LogP contribution >= 0.6 is 0 Å². The Balaban J connectivity index is 1.87. The van der Waals surface area contributed by atoms with Crippen molar-refractivity contribution in [3.8, 4) is 5.75 Å². The monoisotopic (exact) mass is 368 g/mol. The Hall–Kier alpha value is -2.53. The van der Waals surface area contributed by atoms with Crippen molar-refractivity contribution in [1.29, 1.82) is 0 Å². The Bertz CT molecular complexity index is 778. The van der Waals surface area contributed by atoms with Gasteiger partial charge in [-0.15, -0.1) is 0 Å². The van der Waals surface area contributed by atoms with Gasteiger partial charge in [-0.05, 0) is 24.6 Å². The van der Waals surface area contributed by atoms with Gasteiger partial charge in [-0.25, -0.2) is 0 Å². The summed E-state index contributed by atoms with van der Waals surface area (Å²) in [5, 5.41) is 21.7. The van der Waals surface area contributed by atoms with Crippen LogP contribution in [0.25, 0.3) is 0 Å². The number of para-hydroxylation sites is 2. The SMILES string of the molecule is CCCCCCCCN1c2ccccc2C(=O)N(O)C1c1ccccc1O. The van der Waals surface area contributed by atoms with E-state index in [1.807, 2.05) is 17.0 Å². The van der Waals surface area contributed by atoms with Gasteiger partial charge in [-0.1, -0.05) is 69.4 Å². The molecule has 1 atom stereocenters. The van der Waals surface area contributed by atoms with Crippen LogP contribution in [0, 0.1) is 0 Å². The predicted octanol–water partition coefficient (Wildman–Crippen LogP) is 5.10. The van der Waals surface area contributed by atoms with Crippen LogP contribution in [0.1, 0.15) is 67.5 Å². The average Bonchev–Trinajstić information content (AvgIpc) is 2.69. The highest BCUT2D eigenvalue weighted by Gasteiger charge is 2.38. The van der Waals surface area contributed by atoms with Gasteiger partial charge in [0.2, 0.25) is 0 Å². The van der Waals surface area contributed by atoms with Crippen molar-refractivity contribution in [3.05, 3.63) is 59.7 Å². The Kier molecular flexibility index (Phi) is 6.35. The van der Waals surface area contributed by atoms with Gasteiger partial charge in [0.1, 0.15) is 5.75 Å². The van der Waals surface area contributed by atoms with Crippen LogP contribution in [0.5, 0.6) is 5.75 Å². The smallest absolute Gasteiger partial charge is 0.281 e. The molecular formula is C22H28N2O3. The predicted molar refractivity (Wildman–Crippen MR) is 106 cm³/mol. The standard InChI is InChI=1S/C22H28N2O3/c1-2-3-4-5-6-11-16-23-19-14-9-7-12-17(19)22(26)24(27)21(23)18-13-8-10-15-20(18)25/h7-10,12-15,21,25,27H,2-6,11,16H2,1H3. The largest absolute Gasteiger partial charge is 0.508 e. The number of hydroxylamine groups is 2. The fourth-order valence-electron chi connectivity index (χ4n) is 3.71. The van der Waals surface area contributed by atoms with E-state index >= 15 is 0 Å². The van der Waals surface area contributed by atoms with Crippen molar-refractivity contribution in [3.63, 3.8) is 0 Å². The first kappa shape index (κ1) is 19.2. The van der Waals surface area contributed by atoms with Gasteiger partial charge in [-0.3, -0.25) is 10.0 Å². The molecule has 1 aliphatic heterocycles. The number of hydrogen-bond acceptors (Lipinski definition) is 4. The molecule has 27 heavy (non-hydrogen) atoms. The summed E-state index contributed by atoms with van der Waals surface area (Å²) >= 11 is 0. The second-order valence-electron chi connectivity index (χ2n) is 7.06. The molecule has 3 rings (SSSR count). The summed E-state index contributed by atoms with van der Waals surface area (Å²) in [5.41, 5.74) is 1.81. The van der Waals surface area contributed by atoms with E-state index in [-0.39, 0.29) is 5.75 Å². The van der Waals surface area contributed by atoms with Crippen molar-refractivity contribution in [2.45, 2.75) is 51.6 Å². The van der Waals surface area contributed by atoms with Gasteiger partial charge in [-0.2, -0.15) is 5.06 Å². The van der Waals surface area contributed by atoms with Crippen molar-refractivity contribution in [1.82, 2.24) is 5.06 Å². The molecule has 5 nitrogen and oxygen atoms in total. The number of hydrogen-bond donors (Lipinski definition) is 2. The molecule has 2 aromatic carbocycles. The van der Waals surface area contributed by atoms with Crippen molar-refractivity contribution in [2.75, 3.05) is 11.4 Å². The molecule has 1 aliphatic rings. The molecule has 1 heterocycles. The number of phenols is 1. The fraction of sp³-hybridized carbons (Fsp3) is 0.409. The summed E-state index contributed by atoms with van der Waals surface area (Å²) in [6.07, 6.45) is 6.23. The summed E-state index contributed by atoms with van der Waals surface area (Å²) in [7, 11) is 0. The molecule has 0 bridgehead atoms. The van der Waals surface area contributed by atoms with Crippen LogP contribution in [0.2, 0.25) is 0 Å². The van der Waals surface area contributed by atoms with Crippen LogP contribution in [0.15, 0.2) is 48.5 Å². The number of amides is 1. The molecule has 0 aromatic heterocycles. The quantitative estimate of drug-likeness (QED) is 0.502. The van der Waals surface area contributed by atoms with E-state index in [2.05, 4.69) is 6.92 Å². The lowest BCUT2D eigenvalue weighted by Gasteiger charge is -2.42. The number of nitrogens with zero attached hydrogens (tertiary/aromatic N) is 2. The van der Waals surface area contributed by atoms with Crippen LogP contribution in [-0.2, 0) is 0 Å². The zero-order valence-electron chi connectivity index (χ0n) is 15.8. The maximum atomic E-state index is 12.7. The van der Waals surface area contributed by atoms with Gasteiger partial charge in [0, 0.05) is 12.1 Å². The minimum atomic E-state index is -0.732. The van der Waals surface area contributed by atoms with Gasteiger partial charge >= 0.3 is 0 Å². The molecule has 1 amide bonds. The first-order valence-electron chi connectivity index (χ1n) is 9.81. The highest BCUT2D eigenvalue weighted by molar-refractivity contribution is 6.01. The Labute approximate surface area is 160 Å². The number of rotatable bonds is 8. The highest BCUT2D eigenvalue weighted by Crippen LogP contribution is 2.40. The van der Waals surface area contributed by atoms with Crippen molar-refractivity contribution in [2.24, 2.45) is 0 Å². The molecular weight excluding hydrogens is 340 g/mol. The summed E-state index contributed by atoms with van der Waals surface area (Å²) in [6.45, 7) is 2.90. The van der Waals surface area contributed by atoms with Gasteiger partial charge in [0.25, 0.3) is 5.91 Å². The van der Waals surface area contributed by atoms with E-state index < -0.39 is 12.1 Å². The number of benzene rings is 2. The molecule has 144 valence electrons. The van der Waals surface area contributed by atoms with Crippen molar-refractivity contribution < 1.29 is 15.1 Å². The molecule has 0 saturated heterocycles. The van der Waals surface area contributed by atoms with Crippen LogP contribution in [-0.4, -0.2) is 27.8 Å². The molecule has 0 fully saturated rings. The number of carbonyl (C=O) groups is 1. The van der Waals surface area contributed by atoms with Crippen molar-refractivity contribution >= 4 is 11.6 Å². The van der Waals surface area contributed by atoms with Gasteiger partial charge in [0.05, 0.1) is 11.3 Å². The van der Waals surface area contributed by atoms with E-state index in [4.69, 9.17) is 0 Å².